The molecule has 1 fully saturated rings. The highest BCUT2D eigenvalue weighted by atomic mass is 16.5. The van der Waals surface area contributed by atoms with Crippen LogP contribution < -0.4 is 15.5 Å². The monoisotopic (exact) mass is 400 g/mol. The molecule has 0 bridgehead atoms. The first-order valence-electron chi connectivity index (χ1n) is 10.2. The number of nitrogens with one attached hydrogen (secondary N) is 1. The highest BCUT2D eigenvalue weighted by Crippen LogP contribution is 2.19. The lowest BCUT2D eigenvalue weighted by molar-refractivity contribution is 0.0322. The third-order valence-electron chi connectivity index (χ3n) is 4.98. The van der Waals surface area contributed by atoms with Crippen LogP contribution >= 0.6 is 0 Å². The molecule has 30 heavy (non-hydrogen) atoms. The Balaban J connectivity index is 1.31. The Morgan fingerprint density at radius 3 is 2.63 bits per heavy atom. The molecular weight excluding hydrogens is 375 g/mol. The zero-order valence-electron chi connectivity index (χ0n) is 17.0. The second-order valence-electron chi connectivity index (χ2n) is 7.22. The molecule has 0 saturated carbocycles. The van der Waals surface area contributed by atoms with E-state index >= 15 is 0 Å². The molecule has 1 N–H and O–H groups in total. The summed E-state index contributed by atoms with van der Waals surface area (Å²) in [5.74, 6) is 1.37. The fraction of sp³-hybridized carbons (Fsp3) is 0.304. The Kier molecular flexibility index (Phi) is 6.95. The number of hydrogen-bond acceptors (Lipinski definition) is 6. The fourth-order valence-electron chi connectivity index (χ4n) is 3.33. The molecule has 7 heteroatoms. The molecule has 0 atom stereocenters. The minimum Gasteiger partial charge on any atom is -0.489 e. The summed E-state index contributed by atoms with van der Waals surface area (Å²) in [5.41, 5.74) is 3.86. The van der Waals surface area contributed by atoms with Gasteiger partial charge in [0.1, 0.15) is 14.5 Å². The molecule has 0 amide bonds. The van der Waals surface area contributed by atoms with Gasteiger partial charge in [-0.3, -0.25) is 4.90 Å². The second-order valence-corrected chi connectivity index (χ2v) is 7.22. The van der Waals surface area contributed by atoms with E-state index in [9.17, 15) is 0 Å². The van der Waals surface area contributed by atoms with Crippen molar-refractivity contribution in [2.24, 2.45) is 0 Å². The van der Waals surface area contributed by atoms with Gasteiger partial charge in [0.15, 0.2) is 11.6 Å². The zero-order valence-corrected chi connectivity index (χ0v) is 17.0. The van der Waals surface area contributed by atoms with Gasteiger partial charge in [-0.1, -0.05) is 35.8 Å². The summed E-state index contributed by atoms with van der Waals surface area (Å²) in [6, 6.07) is 15.9. The smallest absolute Gasteiger partial charge is 0.159 e. The van der Waals surface area contributed by atoms with Crippen LogP contribution in [0.15, 0.2) is 60.9 Å². The Labute approximate surface area is 178 Å². The first-order chi connectivity index (χ1) is 14.8. The van der Waals surface area contributed by atoms with E-state index in [1.807, 2.05) is 36.4 Å². The first kappa shape index (κ1) is 20.4. The van der Waals surface area contributed by atoms with Crippen molar-refractivity contribution >= 4 is 19.0 Å². The van der Waals surface area contributed by atoms with Gasteiger partial charge in [-0.25, -0.2) is 9.97 Å². The molecule has 2 heterocycles. The van der Waals surface area contributed by atoms with Gasteiger partial charge in [-0.05, 0) is 23.8 Å². The summed E-state index contributed by atoms with van der Waals surface area (Å²) in [4.78, 5) is 11.3. The van der Waals surface area contributed by atoms with Crippen molar-refractivity contribution in [3.05, 3.63) is 66.5 Å². The van der Waals surface area contributed by atoms with Crippen molar-refractivity contribution in [2.45, 2.75) is 6.54 Å². The van der Waals surface area contributed by atoms with Gasteiger partial charge >= 0.3 is 0 Å². The van der Waals surface area contributed by atoms with E-state index in [1.54, 1.807) is 12.4 Å². The van der Waals surface area contributed by atoms with Crippen molar-refractivity contribution in [1.82, 2.24) is 14.9 Å². The number of rotatable bonds is 8. The predicted molar refractivity (Wildman–Crippen MR) is 119 cm³/mol. The van der Waals surface area contributed by atoms with Crippen LogP contribution in [0.4, 0.5) is 5.69 Å². The SMILES string of the molecule is [B]c1cccc(NCc2cccc(-c3ncc(OCCN4CCOCC4)cn3)c2)c1. The molecule has 0 unspecified atom stereocenters. The number of nitrogens with zero attached hydrogens (tertiary/aromatic N) is 3. The molecule has 2 radical (unpaired) electrons. The number of ether oxygens (including phenoxy) is 2. The van der Waals surface area contributed by atoms with E-state index < -0.39 is 0 Å². The molecule has 4 rings (SSSR count). The number of aromatic nitrogens is 2. The lowest BCUT2D eigenvalue weighted by Crippen LogP contribution is -2.38. The van der Waals surface area contributed by atoms with Gasteiger partial charge in [0.2, 0.25) is 0 Å². The fourth-order valence-corrected chi connectivity index (χ4v) is 3.33. The third-order valence-corrected chi connectivity index (χ3v) is 4.98. The molecule has 6 nitrogen and oxygen atoms in total. The molecular formula is C23H25BN4O2. The Bertz CT molecular complexity index is 946. The maximum Gasteiger partial charge on any atom is 0.159 e. The van der Waals surface area contributed by atoms with E-state index in [0.717, 1.165) is 55.1 Å². The summed E-state index contributed by atoms with van der Waals surface area (Å²) in [6.45, 7) is 5.71. The second kappa shape index (κ2) is 10.2. The first-order valence-corrected chi connectivity index (χ1v) is 10.2. The van der Waals surface area contributed by atoms with Crippen molar-refractivity contribution in [3.8, 4) is 17.1 Å². The zero-order chi connectivity index (χ0) is 20.6. The standard InChI is InChI=1S/C23H25BN4O2/c24-20-5-2-6-21(14-20)25-15-18-3-1-4-19(13-18)23-26-16-22(17-27-23)30-12-9-28-7-10-29-11-8-28/h1-6,13-14,16-17,25H,7-12,15H2. The van der Waals surface area contributed by atoms with Crippen LogP contribution in [0.25, 0.3) is 11.4 Å². The average molecular weight is 400 g/mol. The van der Waals surface area contributed by atoms with E-state index in [1.165, 1.54) is 0 Å². The minimum atomic E-state index is 0.619. The van der Waals surface area contributed by atoms with Gasteiger partial charge in [0, 0.05) is 37.4 Å². The predicted octanol–water partition coefficient (Wildman–Crippen LogP) is 2.26. The van der Waals surface area contributed by atoms with Crippen LogP contribution in [0.1, 0.15) is 5.56 Å². The van der Waals surface area contributed by atoms with Crippen molar-refractivity contribution in [3.63, 3.8) is 0 Å². The van der Waals surface area contributed by atoms with Crippen molar-refractivity contribution in [2.75, 3.05) is 44.8 Å². The van der Waals surface area contributed by atoms with Crippen LogP contribution in [0, 0.1) is 0 Å². The molecule has 1 aliphatic rings. The van der Waals surface area contributed by atoms with Crippen LogP contribution in [0.5, 0.6) is 5.75 Å². The van der Waals surface area contributed by atoms with E-state index in [-0.39, 0.29) is 0 Å². The van der Waals surface area contributed by atoms with E-state index in [2.05, 4.69) is 32.3 Å². The van der Waals surface area contributed by atoms with Gasteiger partial charge in [-0.2, -0.15) is 0 Å². The number of morpholine rings is 1. The van der Waals surface area contributed by atoms with Gasteiger partial charge in [0.05, 0.1) is 25.6 Å². The maximum atomic E-state index is 5.83. The Morgan fingerprint density at radius 1 is 1.03 bits per heavy atom. The largest absolute Gasteiger partial charge is 0.489 e. The molecule has 1 aliphatic heterocycles. The van der Waals surface area contributed by atoms with Crippen molar-refractivity contribution < 1.29 is 9.47 Å². The quantitative estimate of drug-likeness (QED) is 0.586. The highest BCUT2D eigenvalue weighted by molar-refractivity contribution is 6.32. The average Bonchev–Trinajstić information content (AvgIpc) is 2.79. The lowest BCUT2D eigenvalue weighted by atomic mass is 9.96. The highest BCUT2D eigenvalue weighted by Gasteiger charge is 2.10. The summed E-state index contributed by atoms with van der Waals surface area (Å²) >= 11 is 0. The lowest BCUT2D eigenvalue weighted by Gasteiger charge is -2.26. The van der Waals surface area contributed by atoms with Crippen LogP contribution in [0.3, 0.4) is 0 Å². The molecule has 0 aliphatic carbocycles. The number of anilines is 1. The summed E-state index contributed by atoms with van der Waals surface area (Å²) in [7, 11) is 5.83. The van der Waals surface area contributed by atoms with E-state index in [4.69, 9.17) is 17.3 Å². The van der Waals surface area contributed by atoms with Gasteiger partial charge in [0.25, 0.3) is 0 Å². The topological polar surface area (TPSA) is 59.5 Å². The summed E-state index contributed by atoms with van der Waals surface area (Å²) in [6.07, 6.45) is 3.47. The minimum absolute atomic E-state index is 0.619. The van der Waals surface area contributed by atoms with Crippen LogP contribution in [0.2, 0.25) is 0 Å². The molecule has 152 valence electrons. The van der Waals surface area contributed by atoms with Gasteiger partial charge < -0.3 is 14.8 Å². The molecule has 1 aromatic heterocycles. The molecule has 1 saturated heterocycles. The maximum absolute atomic E-state index is 5.83. The van der Waals surface area contributed by atoms with Crippen LogP contribution in [-0.2, 0) is 11.3 Å². The van der Waals surface area contributed by atoms with Gasteiger partial charge in [-0.15, -0.1) is 0 Å². The molecule has 3 aromatic rings. The third kappa shape index (κ3) is 5.81. The van der Waals surface area contributed by atoms with Crippen LogP contribution in [-0.4, -0.2) is 62.2 Å². The Morgan fingerprint density at radius 2 is 1.83 bits per heavy atom. The summed E-state index contributed by atoms with van der Waals surface area (Å²) in [5, 5.41) is 3.39. The van der Waals surface area contributed by atoms with Crippen molar-refractivity contribution in [1.29, 1.82) is 0 Å². The molecule has 0 spiro atoms. The number of benzene rings is 2. The normalized spacial score (nSPS) is 14.4. The molecule has 2 aromatic carbocycles. The summed E-state index contributed by atoms with van der Waals surface area (Å²) < 4.78 is 11.2. The number of hydrogen-bond donors (Lipinski definition) is 1. The Hall–Kier alpha value is -2.90. The van der Waals surface area contributed by atoms with E-state index in [0.29, 0.717) is 24.7 Å².